The predicted octanol–water partition coefficient (Wildman–Crippen LogP) is 1.52. The van der Waals surface area contributed by atoms with Gasteiger partial charge in [-0.3, -0.25) is 4.79 Å². The van der Waals surface area contributed by atoms with Gasteiger partial charge in [0.1, 0.15) is 12.2 Å². The summed E-state index contributed by atoms with van der Waals surface area (Å²) in [7, 11) is 1.85. The summed E-state index contributed by atoms with van der Waals surface area (Å²) in [6.07, 6.45) is 3.35. The number of rotatable bonds is 3. The van der Waals surface area contributed by atoms with Crippen molar-refractivity contribution in [3.05, 3.63) is 36.8 Å². The van der Waals surface area contributed by atoms with Gasteiger partial charge in [-0.15, -0.1) is 0 Å². The second-order valence-corrected chi connectivity index (χ2v) is 4.29. The minimum atomic E-state index is -0.897. The average molecular weight is 256 g/mol. The molecule has 19 heavy (non-hydrogen) atoms. The van der Waals surface area contributed by atoms with Crippen molar-refractivity contribution >= 4 is 17.0 Å². The van der Waals surface area contributed by atoms with Crippen molar-refractivity contribution in [2.24, 2.45) is 7.05 Å². The molecule has 0 amide bonds. The van der Waals surface area contributed by atoms with E-state index in [-0.39, 0.29) is 6.54 Å². The zero-order chi connectivity index (χ0) is 13.4. The van der Waals surface area contributed by atoms with E-state index in [4.69, 9.17) is 5.11 Å². The minimum Gasteiger partial charge on any atom is -0.480 e. The largest absolute Gasteiger partial charge is 0.480 e. The fourth-order valence-electron chi connectivity index (χ4n) is 2.14. The molecule has 0 fully saturated rings. The number of carboxylic acids is 1. The summed E-state index contributed by atoms with van der Waals surface area (Å²) in [6, 6.07) is 7.49. The second-order valence-electron chi connectivity index (χ2n) is 4.29. The molecule has 1 N–H and O–H groups in total. The summed E-state index contributed by atoms with van der Waals surface area (Å²) < 4.78 is 3.51. The monoisotopic (exact) mass is 256 g/mol. The SMILES string of the molecule is Cn1cncc1-c1nc2ccccc2n1CC(=O)O. The van der Waals surface area contributed by atoms with Crippen LogP contribution >= 0.6 is 0 Å². The van der Waals surface area contributed by atoms with Gasteiger partial charge in [-0.25, -0.2) is 9.97 Å². The molecule has 0 atom stereocenters. The summed E-state index contributed by atoms with van der Waals surface area (Å²) in [4.78, 5) is 19.6. The van der Waals surface area contributed by atoms with Crippen LogP contribution in [0.1, 0.15) is 0 Å². The zero-order valence-corrected chi connectivity index (χ0v) is 10.3. The van der Waals surface area contributed by atoms with Gasteiger partial charge in [0.05, 0.1) is 23.6 Å². The molecule has 96 valence electrons. The number of hydrogen-bond acceptors (Lipinski definition) is 3. The van der Waals surface area contributed by atoms with Crippen LogP contribution in [0.2, 0.25) is 0 Å². The highest BCUT2D eigenvalue weighted by atomic mass is 16.4. The first kappa shape index (κ1) is 11.5. The molecule has 0 aliphatic rings. The number of carbonyl (C=O) groups is 1. The Morgan fingerprint density at radius 2 is 2.16 bits per heavy atom. The normalized spacial score (nSPS) is 11.0. The third-order valence-electron chi connectivity index (χ3n) is 2.99. The molecule has 0 radical (unpaired) electrons. The van der Waals surface area contributed by atoms with Gasteiger partial charge >= 0.3 is 5.97 Å². The van der Waals surface area contributed by atoms with Crippen molar-refractivity contribution in [1.82, 2.24) is 19.1 Å². The van der Waals surface area contributed by atoms with Crippen LogP contribution in [-0.4, -0.2) is 30.2 Å². The number of fused-ring (bicyclic) bond motifs is 1. The molecule has 3 aromatic rings. The molecule has 2 heterocycles. The first-order valence-electron chi connectivity index (χ1n) is 5.80. The van der Waals surface area contributed by atoms with Gasteiger partial charge in [0.25, 0.3) is 0 Å². The van der Waals surface area contributed by atoms with Crippen LogP contribution in [-0.2, 0) is 18.4 Å². The highest BCUT2D eigenvalue weighted by Gasteiger charge is 2.16. The Hall–Kier alpha value is -2.63. The van der Waals surface area contributed by atoms with Gasteiger partial charge in [-0.05, 0) is 12.1 Å². The molecule has 0 saturated heterocycles. The Labute approximate surface area is 108 Å². The topological polar surface area (TPSA) is 72.9 Å². The molecule has 0 unspecified atom stereocenters. The predicted molar refractivity (Wildman–Crippen MR) is 69.6 cm³/mol. The average Bonchev–Trinajstić information content (AvgIpc) is 2.93. The highest BCUT2D eigenvalue weighted by Crippen LogP contribution is 2.24. The van der Waals surface area contributed by atoms with E-state index in [1.807, 2.05) is 35.9 Å². The van der Waals surface area contributed by atoms with Crippen molar-refractivity contribution in [2.45, 2.75) is 6.54 Å². The van der Waals surface area contributed by atoms with Crippen LogP contribution in [0.15, 0.2) is 36.8 Å². The quantitative estimate of drug-likeness (QED) is 0.771. The Morgan fingerprint density at radius 3 is 2.84 bits per heavy atom. The van der Waals surface area contributed by atoms with E-state index in [9.17, 15) is 4.79 Å². The molecule has 0 saturated carbocycles. The summed E-state index contributed by atoms with van der Waals surface area (Å²) in [5.74, 6) is -0.282. The van der Waals surface area contributed by atoms with Crippen molar-refractivity contribution in [2.75, 3.05) is 0 Å². The molecule has 0 aliphatic carbocycles. The number of para-hydroxylation sites is 2. The van der Waals surface area contributed by atoms with Crippen molar-refractivity contribution in [3.63, 3.8) is 0 Å². The summed E-state index contributed by atoms with van der Waals surface area (Å²) >= 11 is 0. The van der Waals surface area contributed by atoms with E-state index in [2.05, 4.69) is 9.97 Å². The number of imidazole rings is 2. The molecule has 6 nitrogen and oxygen atoms in total. The van der Waals surface area contributed by atoms with Crippen LogP contribution in [0.4, 0.5) is 0 Å². The molecule has 1 aromatic carbocycles. The van der Waals surface area contributed by atoms with Crippen molar-refractivity contribution < 1.29 is 9.90 Å². The van der Waals surface area contributed by atoms with Crippen molar-refractivity contribution in [3.8, 4) is 11.5 Å². The van der Waals surface area contributed by atoms with Gasteiger partial charge in [-0.2, -0.15) is 0 Å². The summed E-state index contributed by atoms with van der Waals surface area (Å²) in [5, 5.41) is 9.06. The van der Waals surface area contributed by atoms with Gasteiger partial charge < -0.3 is 14.2 Å². The van der Waals surface area contributed by atoms with Crippen LogP contribution < -0.4 is 0 Å². The van der Waals surface area contributed by atoms with Crippen LogP contribution in [0, 0.1) is 0 Å². The standard InChI is InChI=1S/C13H12N4O2/c1-16-8-14-6-11(16)13-15-9-4-2-3-5-10(9)17(13)7-12(18)19/h2-6,8H,7H2,1H3,(H,18,19). The van der Waals surface area contributed by atoms with E-state index >= 15 is 0 Å². The second kappa shape index (κ2) is 4.24. The fraction of sp³-hybridized carbons (Fsp3) is 0.154. The first-order valence-corrected chi connectivity index (χ1v) is 5.80. The molecular formula is C13H12N4O2. The van der Waals surface area contributed by atoms with Crippen LogP contribution in [0.3, 0.4) is 0 Å². The number of benzene rings is 1. The van der Waals surface area contributed by atoms with Gasteiger partial charge in [0.2, 0.25) is 0 Å². The maximum Gasteiger partial charge on any atom is 0.323 e. The van der Waals surface area contributed by atoms with Gasteiger partial charge in [0, 0.05) is 7.05 Å². The number of aliphatic carboxylic acids is 1. The van der Waals surface area contributed by atoms with E-state index in [0.29, 0.717) is 5.82 Å². The van der Waals surface area contributed by atoms with E-state index in [1.54, 1.807) is 17.1 Å². The maximum absolute atomic E-state index is 11.0. The molecule has 0 spiro atoms. The van der Waals surface area contributed by atoms with E-state index in [1.165, 1.54) is 0 Å². The molecule has 3 rings (SSSR count). The first-order chi connectivity index (χ1) is 9.16. The van der Waals surface area contributed by atoms with Crippen LogP contribution in [0.5, 0.6) is 0 Å². The molecule has 2 aromatic heterocycles. The molecule has 0 aliphatic heterocycles. The number of hydrogen-bond donors (Lipinski definition) is 1. The lowest BCUT2D eigenvalue weighted by molar-refractivity contribution is -0.137. The summed E-state index contributed by atoms with van der Waals surface area (Å²) in [6.45, 7) is -0.124. The van der Waals surface area contributed by atoms with Crippen molar-refractivity contribution in [1.29, 1.82) is 0 Å². The lowest BCUT2D eigenvalue weighted by atomic mass is 10.3. The zero-order valence-electron chi connectivity index (χ0n) is 10.3. The lowest BCUT2D eigenvalue weighted by Crippen LogP contribution is -2.10. The number of aryl methyl sites for hydroxylation is 1. The van der Waals surface area contributed by atoms with E-state index < -0.39 is 5.97 Å². The molecule has 0 bridgehead atoms. The number of carboxylic acid groups (broad SMARTS) is 1. The fourth-order valence-corrected chi connectivity index (χ4v) is 2.14. The smallest absolute Gasteiger partial charge is 0.323 e. The van der Waals surface area contributed by atoms with Gasteiger partial charge in [0.15, 0.2) is 5.82 Å². The molecular weight excluding hydrogens is 244 g/mol. The van der Waals surface area contributed by atoms with Gasteiger partial charge in [-0.1, -0.05) is 12.1 Å². The molecule has 6 heteroatoms. The Balaban J connectivity index is 2.28. The third-order valence-corrected chi connectivity index (χ3v) is 2.99. The minimum absolute atomic E-state index is 0.124. The number of aromatic nitrogens is 4. The number of nitrogens with zero attached hydrogens (tertiary/aromatic N) is 4. The third kappa shape index (κ3) is 1.87. The van der Waals surface area contributed by atoms with E-state index in [0.717, 1.165) is 16.7 Å². The lowest BCUT2D eigenvalue weighted by Gasteiger charge is -2.06. The summed E-state index contributed by atoms with van der Waals surface area (Å²) in [5.41, 5.74) is 2.37. The Morgan fingerprint density at radius 1 is 1.37 bits per heavy atom. The highest BCUT2D eigenvalue weighted by molar-refractivity contribution is 5.82. The maximum atomic E-state index is 11.0. The Kier molecular flexibility index (Phi) is 2.56. The Bertz CT molecular complexity index is 757. The van der Waals surface area contributed by atoms with Crippen LogP contribution in [0.25, 0.3) is 22.6 Å².